The van der Waals surface area contributed by atoms with Crippen LogP contribution in [0.3, 0.4) is 0 Å². The number of nitrogens with one attached hydrogen (secondary N) is 1. The van der Waals surface area contributed by atoms with E-state index in [1.54, 1.807) is 0 Å². The zero-order valence-electron chi connectivity index (χ0n) is 12.4. The zero-order valence-corrected chi connectivity index (χ0v) is 13.9. The van der Waals surface area contributed by atoms with E-state index in [4.69, 9.17) is 25.6 Å². The number of anilines is 1. The van der Waals surface area contributed by atoms with Gasteiger partial charge in [0.15, 0.2) is 11.3 Å². The molecule has 0 unspecified atom stereocenters. The summed E-state index contributed by atoms with van der Waals surface area (Å²) in [6.45, 7) is 2.74. The van der Waals surface area contributed by atoms with Gasteiger partial charge in [-0.15, -0.1) is 0 Å². The molecule has 0 saturated carbocycles. The third-order valence-electron chi connectivity index (χ3n) is 2.81. The molecule has 1 aliphatic rings. The number of rotatable bonds is 3. The van der Waals surface area contributed by atoms with E-state index in [-0.39, 0.29) is 10.7 Å². The van der Waals surface area contributed by atoms with Gasteiger partial charge in [-0.1, -0.05) is 11.6 Å². The minimum atomic E-state index is -4.74. The van der Waals surface area contributed by atoms with Crippen LogP contribution >= 0.6 is 11.6 Å². The van der Waals surface area contributed by atoms with Gasteiger partial charge in [-0.2, -0.15) is 8.42 Å². The summed E-state index contributed by atoms with van der Waals surface area (Å²) in [5.74, 6) is -4.21. The summed E-state index contributed by atoms with van der Waals surface area (Å²) in [5.41, 5.74) is -0.782. The van der Waals surface area contributed by atoms with Crippen LogP contribution < -0.4 is 5.32 Å². The van der Waals surface area contributed by atoms with Gasteiger partial charge in [-0.3, -0.25) is 4.55 Å². The highest BCUT2D eigenvalue weighted by atomic mass is 35.5. The lowest BCUT2D eigenvalue weighted by atomic mass is 10.2. The quantitative estimate of drug-likeness (QED) is 0.234. The Hall–Kier alpha value is -2.30. The number of benzene rings is 1. The van der Waals surface area contributed by atoms with Crippen LogP contribution in [0.25, 0.3) is 0 Å². The average Bonchev–Trinajstić information content (AvgIpc) is 2.38. The van der Waals surface area contributed by atoms with Gasteiger partial charge in [0.25, 0.3) is 15.9 Å². The normalized spacial score (nSPS) is 17.1. The van der Waals surface area contributed by atoms with Gasteiger partial charge in [0, 0.05) is 25.1 Å². The standard InChI is InChI=1S/C13H12ClNO8S/c1-13(2)22-11(17)7(12(18)23-13)5-15-8-3-6(14)4-9(10(8)16)24(19,20)21/h3-5,15-16H,1-2H3,(H,19,20,21). The maximum absolute atomic E-state index is 11.8. The Bertz CT molecular complexity index is 837. The molecular weight excluding hydrogens is 366 g/mol. The van der Waals surface area contributed by atoms with E-state index in [0.29, 0.717) is 0 Å². The number of halogens is 1. The molecule has 9 nitrogen and oxygen atoms in total. The van der Waals surface area contributed by atoms with Crippen LogP contribution in [0.15, 0.2) is 28.8 Å². The molecule has 0 spiro atoms. The van der Waals surface area contributed by atoms with Crippen LogP contribution in [0.5, 0.6) is 5.75 Å². The fourth-order valence-corrected chi connectivity index (χ4v) is 2.72. The van der Waals surface area contributed by atoms with Crippen LogP contribution in [0.1, 0.15) is 13.8 Å². The molecule has 1 fully saturated rings. The number of ether oxygens (including phenoxy) is 2. The Balaban J connectivity index is 2.38. The van der Waals surface area contributed by atoms with Gasteiger partial charge >= 0.3 is 11.9 Å². The average molecular weight is 378 g/mol. The Kier molecular flexibility index (Phi) is 4.48. The summed E-state index contributed by atoms with van der Waals surface area (Å²) < 4.78 is 41.1. The van der Waals surface area contributed by atoms with Crippen molar-refractivity contribution in [3.63, 3.8) is 0 Å². The van der Waals surface area contributed by atoms with E-state index >= 15 is 0 Å². The van der Waals surface area contributed by atoms with E-state index in [9.17, 15) is 23.1 Å². The summed E-state index contributed by atoms with van der Waals surface area (Å²) in [4.78, 5) is 22.7. The lowest BCUT2D eigenvalue weighted by molar-refractivity contribution is -0.222. The molecular formula is C13H12ClNO8S. The van der Waals surface area contributed by atoms with Crippen molar-refractivity contribution in [2.75, 3.05) is 5.32 Å². The van der Waals surface area contributed by atoms with Crippen LogP contribution in [0.2, 0.25) is 5.02 Å². The molecule has 24 heavy (non-hydrogen) atoms. The van der Waals surface area contributed by atoms with E-state index in [1.807, 2.05) is 0 Å². The van der Waals surface area contributed by atoms with Crippen molar-refractivity contribution in [2.24, 2.45) is 0 Å². The summed E-state index contributed by atoms with van der Waals surface area (Å²) in [6, 6.07) is 1.95. The van der Waals surface area contributed by atoms with Gasteiger partial charge in [0.1, 0.15) is 4.90 Å². The summed E-state index contributed by atoms with van der Waals surface area (Å²) in [6.07, 6.45) is 0.860. The number of esters is 2. The number of carbonyl (C=O) groups excluding carboxylic acids is 2. The summed E-state index contributed by atoms with van der Waals surface area (Å²) in [5, 5.41) is 12.1. The minimum absolute atomic E-state index is 0.128. The molecule has 2 rings (SSSR count). The van der Waals surface area contributed by atoms with Gasteiger partial charge < -0.3 is 19.9 Å². The number of carbonyl (C=O) groups is 2. The molecule has 3 N–H and O–H groups in total. The predicted molar refractivity (Wildman–Crippen MR) is 80.9 cm³/mol. The number of phenols is 1. The predicted octanol–water partition coefficient (Wildman–Crippen LogP) is 1.42. The Morgan fingerprint density at radius 2 is 1.75 bits per heavy atom. The van der Waals surface area contributed by atoms with Gasteiger partial charge in [-0.25, -0.2) is 9.59 Å². The van der Waals surface area contributed by atoms with Gasteiger partial charge in [0.2, 0.25) is 0 Å². The summed E-state index contributed by atoms with van der Waals surface area (Å²) >= 11 is 5.71. The Morgan fingerprint density at radius 1 is 1.21 bits per heavy atom. The number of phenolic OH excluding ortho intramolecular Hbond substituents is 1. The molecule has 0 bridgehead atoms. The fraction of sp³-hybridized carbons (Fsp3) is 0.231. The molecule has 0 aromatic heterocycles. The van der Waals surface area contributed by atoms with E-state index in [1.165, 1.54) is 13.8 Å². The third-order valence-corrected chi connectivity index (χ3v) is 3.89. The molecule has 0 atom stereocenters. The molecule has 0 radical (unpaired) electrons. The van der Waals surface area contributed by atoms with Crippen LogP contribution in [-0.2, 0) is 29.2 Å². The van der Waals surface area contributed by atoms with Gasteiger partial charge in [0.05, 0.1) is 5.69 Å². The molecule has 1 heterocycles. The number of aromatic hydroxyl groups is 1. The van der Waals surface area contributed by atoms with Crippen molar-refractivity contribution in [2.45, 2.75) is 24.5 Å². The first-order chi connectivity index (χ1) is 10.9. The molecule has 1 aromatic rings. The monoisotopic (exact) mass is 377 g/mol. The fourth-order valence-electron chi connectivity index (χ4n) is 1.81. The molecule has 11 heteroatoms. The number of hydrogen-bond acceptors (Lipinski definition) is 8. The topological polar surface area (TPSA) is 139 Å². The van der Waals surface area contributed by atoms with Crippen molar-refractivity contribution >= 4 is 39.3 Å². The van der Waals surface area contributed by atoms with Crippen molar-refractivity contribution in [1.82, 2.24) is 0 Å². The number of cyclic esters (lactones) is 2. The van der Waals surface area contributed by atoms with Crippen molar-refractivity contribution in [1.29, 1.82) is 0 Å². The molecule has 1 aliphatic heterocycles. The van der Waals surface area contributed by atoms with E-state index in [0.717, 1.165) is 18.3 Å². The van der Waals surface area contributed by atoms with Crippen LogP contribution in [-0.4, -0.2) is 35.8 Å². The maximum atomic E-state index is 11.8. The number of hydrogen-bond donors (Lipinski definition) is 3. The van der Waals surface area contributed by atoms with Crippen LogP contribution in [0, 0.1) is 0 Å². The molecule has 0 amide bonds. The second-order valence-electron chi connectivity index (χ2n) is 5.16. The highest BCUT2D eigenvalue weighted by molar-refractivity contribution is 7.86. The lowest BCUT2D eigenvalue weighted by Crippen LogP contribution is -2.42. The first-order valence-electron chi connectivity index (χ1n) is 6.34. The van der Waals surface area contributed by atoms with Crippen molar-refractivity contribution in [3.05, 3.63) is 28.9 Å². The van der Waals surface area contributed by atoms with E-state index in [2.05, 4.69) is 5.32 Å². The molecule has 1 saturated heterocycles. The second kappa shape index (κ2) is 5.96. The van der Waals surface area contributed by atoms with Crippen molar-refractivity contribution in [3.8, 4) is 5.75 Å². The smallest absolute Gasteiger partial charge is 0.350 e. The first kappa shape index (κ1) is 18.0. The highest BCUT2D eigenvalue weighted by Crippen LogP contribution is 2.35. The molecule has 130 valence electrons. The van der Waals surface area contributed by atoms with Crippen molar-refractivity contribution < 1.29 is 37.1 Å². The largest absolute Gasteiger partial charge is 0.504 e. The highest BCUT2D eigenvalue weighted by Gasteiger charge is 2.39. The van der Waals surface area contributed by atoms with E-state index < -0.39 is 44.1 Å². The molecule has 1 aromatic carbocycles. The first-order valence-corrected chi connectivity index (χ1v) is 8.16. The Morgan fingerprint density at radius 3 is 2.25 bits per heavy atom. The Labute approximate surface area is 141 Å². The maximum Gasteiger partial charge on any atom is 0.350 e. The SMILES string of the molecule is CC1(C)OC(=O)C(=CNc2cc(Cl)cc(S(=O)(=O)O)c2O)C(=O)O1. The second-order valence-corrected chi connectivity index (χ2v) is 6.98. The lowest BCUT2D eigenvalue weighted by Gasteiger charge is -2.29. The van der Waals surface area contributed by atoms with Gasteiger partial charge in [-0.05, 0) is 12.1 Å². The van der Waals surface area contributed by atoms with Crippen LogP contribution in [0.4, 0.5) is 5.69 Å². The molecule has 0 aliphatic carbocycles. The zero-order chi connectivity index (χ0) is 18.3. The minimum Gasteiger partial charge on any atom is -0.504 e. The summed E-state index contributed by atoms with van der Waals surface area (Å²) in [7, 11) is -4.74. The third kappa shape index (κ3) is 3.78.